The molecule has 3 aromatic carbocycles. The van der Waals surface area contributed by atoms with Crippen LogP contribution in [0, 0.1) is 24.4 Å². The number of amides is 3. The molecule has 0 radical (unpaired) electrons. The topological polar surface area (TPSA) is 132 Å². The Labute approximate surface area is 249 Å². The predicted octanol–water partition coefficient (Wildman–Crippen LogP) is 4.38. The molecule has 0 bridgehead atoms. The quantitative estimate of drug-likeness (QED) is 0.231. The Bertz CT molecular complexity index is 1900. The van der Waals surface area contributed by atoms with E-state index >= 15 is 0 Å². The van der Waals surface area contributed by atoms with Gasteiger partial charge in [-0.1, -0.05) is 24.3 Å². The highest BCUT2D eigenvalue weighted by atomic mass is 19.1. The number of aromatic nitrogens is 3. The molecule has 1 atom stereocenters. The normalized spacial score (nSPS) is 11.8. The third-order valence-corrected chi connectivity index (χ3v) is 7.12. The van der Waals surface area contributed by atoms with Crippen LogP contribution in [0.5, 0.6) is 0 Å². The number of nitrogens with zero attached hydrogens (tertiary/aromatic N) is 3. The molecule has 0 aliphatic carbocycles. The van der Waals surface area contributed by atoms with Crippen LogP contribution < -0.4 is 16.4 Å². The molecule has 2 aromatic heterocycles. The first-order chi connectivity index (χ1) is 21.0. The molecule has 0 aliphatic rings. The number of imidazole rings is 1. The van der Waals surface area contributed by atoms with Gasteiger partial charge in [-0.05, 0) is 66.4 Å². The zero-order valence-corrected chi connectivity index (χ0v) is 23.7. The smallest absolute Gasteiger partial charge is 0.287 e. The standard InChI is InChI=1S/C32H27F3N6O3/c1-17-5-3-7-26-28(17)40-31(32(44)37-2)41(26)16-27(42)39-25(13-18-11-20(33)15-21(34)12-18)29-22(6-4-10-38-29)19-8-9-24(35)23(14-19)30(36)43/h3-12,14-15,25H,13,16H2,1-2H3,(H2,36,43)(H,37,44)(H,39,42)/t25-/m0/s1. The number of pyridine rings is 1. The van der Waals surface area contributed by atoms with Crippen molar-refractivity contribution in [1.82, 2.24) is 25.2 Å². The minimum absolute atomic E-state index is 0.0273. The van der Waals surface area contributed by atoms with Crippen molar-refractivity contribution in [1.29, 1.82) is 0 Å². The van der Waals surface area contributed by atoms with Crippen LogP contribution in [0.4, 0.5) is 13.2 Å². The summed E-state index contributed by atoms with van der Waals surface area (Å²) in [7, 11) is 1.45. The predicted molar refractivity (Wildman–Crippen MR) is 157 cm³/mol. The van der Waals surface area contributed by atoms with Gasteiger partial charge in [-0.2, -0.15) is 0 Å². The summed E-state index contributed by atoms with van der Waals surface area (Å²) < 4.78 is 44.1. The van der Waals surface area contributed by atoms with Crippen molar-refractivity contribution < 1.29 is 27.6 Å². The Balaban J connectivity index is 1.57. The summed E-state index contributed by atoms with van der Waals surface area (Å²) in [6, 6.07) is 14.5. The zero-order chi connectivity index (χ0) is 31.5. The summed E-state index contributed by atoms with van der Waals surface area (Å²) in [5.74, 6) is -4.39. The second kappa shape index (κ2) is 12.4. The third kappa shape index (κ3) is 6.14. The average molecular weight is 601 g/mol. The van der Waals surface area contributed by atoms with Crippen molar-refractivity contribution >= 4 is 28.8 Å². The number of aryl methyl sites for hydroxylation is 1. The van der Waals surface area contributed by atoms with Gasteiger partial charge in [0.25, 0.3) is 11.8 Å². The van der Waals surface area contributed by atoms with Gasteiger partial charge in [0.05, 0.1) is 28.3 Å². The van der Waals surface area contributed by atoms with E-state index in [2.05, 4.69) is 20.6 Å². The molecule has 9 nitrogen and oxygen atoms in total. The minimum Gasteiger partial charge on any atom is -0.366 e. The molecule has 0 unspecified atom stereocenters. The first-order valence-electron chi connectivity index (χ1n) is 13.5. The molecule has 2 heterocycles. The molecule has 224 valence electrons. The summed E-state index contributed by atoms with van der Waals surface area (Å²) in [5, 5.41) is 5.42. The van der Waals surface area contributed by atoms with Gasteiger partial charge in [0.1, 0.15) is 24.0 Å². The Morgan fingerprint density at radius 1 is 0.977 bits per heavy atom. The number of fused-ring (bicyclic) bond motifs is 1. The Kier molecular flexibility index (Phi) is 8.43. The number of primary amides is 1. The number of benzene rings is 3. The van der Waals surface area contributed by atoms with Gasteiger partial charge in [0, 0.05) is 24.9 Å². The van der Waals surface area contributed by atoms with E-state index in [0.29, 0.717) is 22.2 Å². The molecule has 0 saturated carbocycles. The maximum Gasteiger partial charge on any atom is 0.287 e. The van der Waals surface area contributed by atoms with Crippen molar-refractivity contribution in [2.24, 2.45) is 5.73 Å². The largest absolute Gasteiger partial charge is 0.366 e. The molecule has 3 amide bonds. The van der Waals surface area contributed by atoms with Crippen molar-refractivity contribution in [3.8, 4) is 11.1 Å². The first kappa shape index (κ1) is 30.0. The molecule has 44 heavy (non-hydrogen) atoms. The fraction of sp³-hybridized carbons (Fsp3) is 0.156. The number of carbonyl (C=O) groups is 3. The van der Waals surface area contributed by atoms with E-state index in [4.69, 9.17) is 5.73 Å². The molecular formula is C32H27F3N6O3. The van der Waals surface area contributed by atoms with Crippen LogP contribution in [-0.2, 0) is 17.8 Å². The van der Waals surface area contributed by atoms with E-state index in [9.17, 15) is 27.6 Å². The fourth-order valence-corrected chi connectivity index (χ4v) is 5.12. The lowest BCUT2D eigenvalue weighted by Gasteiger charge is -2.22. The van der Waals surface area contributed by atoms with Crippen LogP contribution in [0.3, 0.4) is 0 Å². The molecule has 5 rings (SSSR count). The van der Waals surface area contributed by atoms with E-state index in [1.54, 1.807) is 24.3 Å². The highest BCUT2D eigenvalue weighted by molar-refractivity contribution is 5.96. The van der Waals surface area contributed by atoms with Gasteiger partial charge in [-0.25, -0.2) is 18.2 Å². The van der Waals surface area contributed by atoms with E-state index in [0.717, 1.165) is 29.8 Å². The van der Waals surface area contributed by atoms with Crippen LogP contribution >= 0.6 is 0 Å². The second-order valence-electron chi connectivity index (χ2n) is 10.1. The van der Waals surface area contributed by atoms with Crippen LogP contribution in [0.2, 0.25) is 0 Å². The molecule has 4 N–H and O–H groups in total. The number of carbonyl (C=O) groups excluding carboxylic acids is 3. The van der Waals surface area contributed by atoms with E-state index in [1.807, 2.05) is 13.0 Å². The Morgan fingerprint density at radius 3 is 2.43 bits per heavy atom. The molecule has 0 spiro atoms. The number of nitrogens with one attached hydrogen (secondary N) is 2. The lowest BCUT2D eigenvalue weighted by Crippen LogP contribution is -2.35. The van der Waals surface area contributed by atoms with Crippen molar-refractivity contribution in [2.45, 2.75) is 25.9 Å². The lowest BCUT2D eigenvalue weighted by atomic mass is 9.94. The van der Waals surface area contributed by atoms with Gasteiger partial charge in [-0.3, -0.25) is 19.4 Å². The van der Waals surface area contributed by atoms with Crippen LogP contribution in [0.15, 0.2) is 72.9 Å². The van der Waals surface area contributed by atoms with Gasteiger partial charge in [0.15, 0.2) is 0 Å². The Morgan fingerprint density at radius 2 is 1.73 bits per heavy atom. The first-order valence-corrected chi connectivity index (χ1v) is 13.5. The number of hydrogen-bond acceptors (Lipinski definition) is 5. The van der Waals surface area contributed by atoms with Gasteiger partial charge in [-0.15, -0.1) is 0 Å². The number of halogens is 3. The monoisotopic (exact) mass is 600 g/mol. The third-order valence-electron chi connectivity index (χ3n) is 7.12. The summed E-state index contributed by atoms with van der Waals surface area (Å²) in [5.41, 5.74) is 8.26. The molecular weight excluding hydrogens is 573 g/mol. The van der Waals surface area contributed by atoms with Gasteiger partial charge >= 0.3 is 0 Å². The van der Waals surface area contributed by atoms with Crippen molar-refractivity contribution in [3.63, 3.8) is 0 Å². The molecule has 12 heteroatoms. The number of nitrogens with two attached hydrogens (primary N) is 1. The summed E-state index contributed by atoms with van der Waals surface area (Å²) >= 11 is 0. The van der Waals surface area contributed by atoms with Crippen LogP contribution in [0.1, 0.15) is 43.8 Å². The average Bonchev–Trinajstić information content (AvgIpc) is 3.35. The Hall–Kier alpha value is -5.52. The fourth-order valence-electron chi connectivity index (χ4n) is 5.12. The number of para-hydroxylation sites is 1. The minimum atomic E-state index is -0.968. The SMILES string of the molecule is CNC(=O)c1nc2c(C)cccc2n1CC(=O)N[C@@H](Cc1cc(F)cc(F)c1)c1ncccc1-c1ccc(F)c(C(N)=O)c1. The maximum atomic E-state index is 14.3. The number of hydrogen-bond donors (Lipinski definition) is 3. The number of rotatable bonds is 9. The maximum absolute atomic E-state index is 14.3. The molecule has 5 aromatic rings. The highest BCUT2D eigenvalue weighted by Gasteiger charge is 2.25. The van der Waals surface area contributed by atoms with E-state index in [1.165, 1.54) is 29.9 Å². The van der Waals surface area contributed by atoms with Gasteiger partial charge in [0.2, 0.25) is 11.7 Å². The summed E-state index contributed by atoms with van der Waals surface area (Å²) in [6.45, 7) is 1.52. The lowest BCUT2D eigenvalue weighted by molar-refractivity contribution is -0.122. The highest BCUT2D eigenvalue weighted by Crippen LogP contribution is 2.30. The van der Waals surface area contributed by atoms with Gasteiger partial charge < -0.3 is 20.9 Å². The summed E-state index contributed by atoms with van der Waals surface area (Å²) in [4.78, 5) is 47.1. The van der Waals surface area contributed by atoms with Crippen molar-refractivity contribution in [2.75, 3.05) is 7.05 Å². The van der Waals surface area contributed by atoms with E-state index in [-0.39, 0.29) is 35.6 Å². The second-order valence-corrected chi connectivity index (χ2v) is 10.1. The van der Waals surface area contributed by atoms with E-state index < -0.39 is 41.2 Å². The van der Waals surface area contributed by atoms with Crippen molar-refractivity contribution in [3.05, 3.63) is 119 Å². The molecule has 0 saturated heterocycles. The van der Waals surface area contributed by atoms with Crippen LogP contribution in [-0.4, -0.2) is 39.3 Å². The van der Waals surface area contributed by atoms with Crippen LogP contribution in [0.25, 0.3) is 22.2 Å². The summed E-state index contributed by atoms with van der Waals surface area (Å²) in [6.07, 6.45) is 1.39. The zero-order valence-electron chi connectivity index (χ0n) is 23.7. The molecule has 0 fully saturated rings. The molecule has 0 aliphatic heterocycles.